The zero-order chi connectivity index (χ0) is 16.2. The molecule has 112 valence electrons. The second-order valence-electron chi connectivity index (χ2n) is 4.53. The number of aromatic nitrogens is 1. The maximum Gasteiger partial charge on any atom is 0.269 e. The van der Waals surface area contributed by atoms with E-state index in [0.29, 0.717) is 16.8 Å². The molecule has 3 aromatic rings. The molecule has 0 fully saturated rings. The molecule has 3 rings (SSSR count). The van der Waals surface area contributed by atoms with E-state index < -0.39 is 4.92 Å². The number of thiophene rings is 1. The fourth-order valence-corrected chi connectivity index (χ4v) is 3.55. The lowest BCUT2D eigenvalue weighted by Crippen LogP contribution is -1.88. The number of nitro groups is 1. The average molecular weight is 339 g/mol. The monoisotopic (exact) mass is 339 g/mol. The van der Waals surface area contributed by atoms with Crippen LogP contribution in [-0.4, -0.2) is 9.91 Å². The molecule has 2 aromatic heterocycles. The second kappa shape index (κ2) is 6.52. The number of nitro benzene ring substituents is 1. The Kier molecular flexibility index (Phi) is 4.28. The van der Waals surface area contributed by atoms with Gasteiger partial charge in [0.2, 0.25) is 0 Å². The number of hydrogen-bond acceptors (Lipinski definition) is 6. The van der Waals surface area contributed by atoms with E-state index in [1.54, 1.807) is 29.5 Å². The predicted octanol–water partition coefficient (Wildman–Crippen LogP) is 4.84. The van der Waals surface area contributed by atoms with Crippen LogP contribution in [0.5, 0.6) is 0 Å². The van der Waals surface area contributed by atoms with E-state index in [2.05, 4.69) is 11.1 Å². The number of hydrogen-bond donors (Lipinski definition) is 0. The highest BCUT2D eigenvalue weighted by molar-refractivity contribution is 7.20. The normalized spacial score (nSPS) is 11.2. The Morgan fingerprint density at radius 1 is 1.26 bits per heavy atom. The van der Waals surface area contributed by atoms with Crippen molar-refractivity contribution in [2.24, 2.45) is 0 Å². The minimum absolute atomic E-state index is 0.000297. The SMILES string of the molecule is N#CC(=Cc1csc(-c2cccs2)n1)c1ccc([N+](=O)[O-])cc1. The third-order valence-electron chi connectivity index (χ3n) is 3.06. The zero-order valence-electron chi connectivity index (χ0n) is 11.7. The van der Waals surface area contributed by atoms with E-state index in [9.17, 15) is 15.4 Å². The fraction of sp³-hybridized carbons (Fsp3) is 0. The molecule has 0 amide bonds. The minimum atomic E-state index is -0.465. The molecule has 0 radical (unpaired) electrons. The van der Waals surface area contributed by atoms with Gasteiger partial charge in [0.05, 0.1) is 27.1 Å². The van der Waals surface area contributed by atoms with Gasteiger partial charge in [0.25, 0.3) is 5.69 Å². The van der Waals surface area contributed by atoms with Crippen molar-refractivity contribution in [1.82, 2.24) is 4.98 Å². The van der Waals surface area contributed by atoms with E-state index in [1.165, 1.54) is 23.5 Å². The van der Waals surface area contributed by atoms with Crippen molar-refractivity contribution in [2.45, 2.75) is 0 Å². The number of nitriles is 1. The maximum absolute atomic E-state index is 10.7. The minimum Gasteiger partial charge on any atom is -0.258 e. The molecule has 1 aromatic carbocycles. The van der Waals surface area contributed by atoms with Crippen molar-refractivity contribution < 1.29 is 4.92 Å². The van der Waals surface area contributed by atoms with Crippen LogP contribution in [0.2, 0.25) is 0 Å². The summed E-state index contributed by atoms with van der Waals surface area (Å²) in [7, 11) is 0. The van der Waals surface area contributed by atoms with Crippen LogP contribution in [0, 0.1) is 21.4 Å². The third-order valence-corrected chi connectivity index (χ3v) is 4.96. The maximum atomic E-state index is 10.7. The van der Waals surface area contributed by atoms with E-state index >= 15 is 0 Å². The van der Waals surface area contributed by atoms with Crippen molar-refractivity contribution in [1.29, 1.82) is 5.26 Å². The van der Waals surface area contributed by atoms with Crippen molar-refractivity contribution >= 4 is 40.0 Å². The summed E-state index contributed by atoms with van der Waals surface area (Å²) < 4.78 is 0. The smallest absolute Gasteiger partial charge is 0.258 e. The Labute approximate surface area is 139 Å². The van der Waals surface area contributed by atoms with Crippen molar-refractivity contribution in [3.8, 4) is 16.0 Å². The Morgan fingerprint density at radius 3 is 2.65 bits per heavy atom. The first-order valence-corrected chi connectivity index (χ1v) is 8.29. The average Bonchev–Trinajstić information content (AvgIpc) is 3.24. The van der Waals surface area contributed by atoms with Gasteiger partial charge < -0.3 is 0 Å². The Bertz CT molecular complexity index is 904. The Balaban J connectivity index is 1.90. The summed E-state index contributed by atoms with van der Waals surface area (Å²) in [6.45, 7) is 0. The standard InChI is InChI=1S/C16H9N3O2S2/c17-9-12(11-3-5-14(6-4-11)19(20)21)8-13-10-23-16(18-13)15-2-1-7-22-15/h1-8,10H. The van der Waals surface area contributed by atoms with Crippen molar-refractivity contribution in [3.05, 3.63) is 68.5 Å². The van der Waals surface area contributed by atoms with Crippen molar-refractivity contribution in [3.63, 3.8) is 0 Å². The summed E-state index contributed by atoms with van der Waals surface area (Å²) in [6, 6.07) is 12.0. The topological polar surface area (TPSA) is 79.8 Å². The van der Waals surface area contributed by atoms with Crippen LogP contribution in [0.3, 0.4) is 0 Å². The van der Waals surface area contributed by atoms with Gasteiger partial charge >= 0.3 is 0 Å². The van der Waals surface area contributed by atoms with Gasteiger partial charge in [-0.05, 0) is 35.2 Å². The number of allylic oxidation sites excluding steroid dienone is 1. The second-order valence-corrected chi connectivity index (χ2v) is 6.33. The lowest BCUT2D eigenvalue weighted by Gasteiger charge is -1.98. The molecule has 0 unspecified atom stereocenters. The highest BCUT2D eigenvalue weighted by Crippen LogP contribution is 2.29. The first-order valence-electron chi connectivity index (χ1n) is 6.53. The molecule has 0 aliphatic carbocycles. The van der Waals surface area contributed by atoms with Gasteiger partial charge in [-0.2, -0.15) is 5.26 Å². The van der Waals surface area contributed by atoms with E-state index in [1.807, 2.05) is 22.9 Å². The molecule has 23 heavy (non-hydrogen) atoms. The molecule has 0 N–H and O–H groups in total. The summed E-state index contributed by atoms with van der Waals surface area (Å²) >= 11 is 3.13. The molecule has 0 aliphatic heterocycles. The quantitative estimate of drug-likeness (QED) is 0.387. The molecule has 7 heteroatoms. The molecule has 5 nitrogen and oxygen atoms in total. The number of benzene rings is 1. The Hall–Kier alpha value is -2.82. The highest BCUT2D eigenvalue weighted by Gasteiger charge is 2.09. The largest absolute Gasteiger partial charge is 0.269 e. The van der Waals surface area contributed by atoms with Crippen LogP contribution in [0.1, 0.15) is 11.3 Å². The summed E-state index contributed by atoms with van der Waals surface area (Å²) in [4.78, 5) is 15.8. The van der Waals surface area contributed by atoms with Crippen LogP contribution in [0.4, 0.5) is 5.69 Å². The van der Waals surface area contributed by atoms with Gasteiger partial charge in [0, 0.05) is 17.5 Å². The first kappa shape index (κ1) is 15.1. The lowest BCUT2D eigenvalue weighted by atomic mass is 10.1. The number of non-ortho nitro benzene ring substituents is 1. The molecule has 0 atom stereocenters. The molecule has 2 heterocycles. The van der Waals surface area contributed by atoms with Crippen molar-refractivity contribution in [2.75, 3.05) is 0 Å². The van der Waals surface area contributed by atoms with Gasteiger partial charge in [-0.3, -0.25) is 10.1 Å². The highest BCUT2D eigenvalue weighted by atomic mass is 32.1. The summed E-state index contributed by atoms with van der Waals surface area (Å²) in [5.74, 6) is 0. The van der Waals surface area contributed by atoms with E-state index in [4.69, 9.17) is 0 Å². The number of nitrogens with zero attached hydrogens (tertiary/aromatic N) is 3. The van der Waals surface area contributed by atoms with Gasteiger partial charge in [0.15, 0.2) is 0 Å². The molecule has 0 saturated carbocycles. The number of thiazole rings is 1. The molecule has 0 spiro atoms. The van der Waals surface area contributed by atoms with Crippen LogP contribution < -0.4 is 0 Å². The van der Waals surface area contributed by atoms with Crippen LogP contribution in [0.15, 0.2) is 47.2 Å². The molecular formula is C16H9N3O2S2. The van der Waals surface area contributed by atoms with Gasteiger partial charge in [-0.1, -0.05) is 6.07 Å². The third kappa shape index (κ3) is 3.34. The van der Waals surface area contributed by atoms with Crippen LogP contribution in [0.25, 0.3) is 21.5 Å². The molecular weight excluding hydrogens is 330 g/mol. The van der Waals surface area contributed by atoms with Crippen LogP contribution >= 0.6 is 22.7 Å². The zero-order valence-corrected chi connectivity index (χ0v) is 13.3. The fourth-order valence-electron chi connectivity index (χ4n) is 1.96. The lowest BCUT2D eigenvalue weighted by molar-refractivity contribution is -0.384. The van der Waals surface area contributed by atoms with Gasteiger partial charge in [-0.25, -0.2) is 4.98 Å². The predicted molar refractivity (Wildman–Crippen MR) is 92.0 cm³/mol. The summed E-state index contributed by atoms with van der Waals surface area (Å²) in [6.07, 6.45) is 1.69. The van der Waals surface area contributed by atoms with E-state index in [0.717, 1.165) is 9.88 Å². The van der Waals surface area contributed by atoms with Gasteiger partial charge in [0.1, 0.15) is 5.01 Å². The van der Waals surface area contributed by atoms with Gasteiger partial charge in [-0.15, -0.1) is 22.7 Å². The van der Waals surface area contributed by atoms with Crippen LogP contribution in [-0.2, 0) is 0 Å². The van der Waals surface area contributed by atoms with E-state index in [-0.39, 0.29) is 5.69 Å². The summed E-state index contributed by atoms with van der Waals surface area (Å²) in [5, 5.41) is 24.8. The summed E-state index contributed by atoms with van der Waals surface area (Å²) in [5.41, 5.74) is 1.75. The Morgan fingerprint density at radius 2 is 2.04 bits per heavy atom. The molecule has 0 saturated heterocycles. The molecule has 0 aliphatic rings. The number of rotatable bonds is 4. The molecule has 0 bridgehead atoms. The first-order chi connectivity index (χ1) is 11.2.